The molecule has 1 aromatic carbocycles. The molecule has 2 amide bonds. The van der Waals surface area contributed by atoms with Crippen LogP contribution in [0.25, 0.3) is 0 Å². The molecule has 0 spiro atoms. The van der Waals surface area contributed by atoms with Crippen LogP contribution in [-0.2, 0) is 4.79 Å². The molecular formula is C25H34N4O2S. The van der Waals surface area contributed by atoms with Crippen LogP contribution in [0.3, 0.4) is 0 Å². The van der Waals surface area contributed by atoms with Crippen LogP contribution in [0.2, 0.25) is 0 Å². The third-order valence-corrected chi connectivity index (χ3v) is 6.62. The summed E-state index contributed by atoms with van der Waals surface area (Å²) in [5.74, 6) is 0.0504. The monoisotopic (exact) mass is 454 g/mol. The first-order valence-corrected chi connectivity index (χ1v) is 12.0. The lowest BCUT2D eigenvalue weighted by atomic mass is 9.91. The van der Waals surface area contributed by atoms with Crippen molar-refractivity contribution in [1.29, 1.82) is 0 Å². The zero-order valence-electron chi connectivity index (χ0n) is 19.5. The first kappa shape index (κ1) is 24.3. The lowest BCUT2D eigenvalue weighted by Crippen LogP contribution is -2.46. The van der Waals surface area contributed by atoms with E-state index in [-0.39, 0.29) is 23.1 Å². The molecule has 0 bridgehead atoms. The highest BCUT2D eigenvalue weighted by Gasteiger charge is 2.30. The topological polar surface area (TPSA) is 65.5 Å². The lowest BCUT2D eigenvalue weighted by molar-refractivity contribution is -0.126. The van der Waals surface area contributed by atoms with E-state index in [0.717, 1.165) is 11.4 Å². The number of hydrogen-bond donors (Lipinski definition) is 1. The van der Waals surface area contributed by atoms with Crippen LogP contribution in [0.15, 0.2) is 58.6 Å². The lowest BCUT2D eigenvalue weighted by Gasteiger charge is -2.33. The first-order chi connectivity index (χ1) is 15.2. The zero-order valence-corrected chi connectivity index (χ0v) is 20.3. The Hall–Kier alpha value is -2.38. The van der Waals surface area contributed by atoms with Crippen LogP contribution in [0, 0.1) is 11.3 Å². The Kier molecular flexibility index (Phi) is 8.32. The molecule has 0 unspecified atom stereocenters. The van der Waals surface area contributed by atoms with Gasteiger partial charge in [-0.2, -0.15) is 0 Å². The van der Waals surface area contributed by atoms with Gasteiger partial charge in [0.2, 0.25) is 5.91 Å². The third kappa shape index (κ3) is 6.81. The molecule has 3 rings (SSSR count). The minimum absolute atomic E-state index is 0.0116. The summed E-state index contributed by atoms with van der Waals surface area (Å²) in [6.07, 6.45) is 3.09. The molecule has 2 heterocycles. The molecule has 172 valence electrons. The van der Waals surface area contributed by atoms with E-state index in [9.17, 15) is 9.59 Å². The van der Waals surface area contributed by atoms with Crippen molar-refractivity contribution in [3.63, 3.8) is 0 Å². The van der Waals surface area contributed by atoms with E-state index in [1.54, 1.807) is 12.3 Å². The molecule has 7 heteroatoms. The second kappa shape index (κ2) is 11.0. The average molecular weight is 455 g/mol. The molecule has 2 aromatic rings. The SMILES string of the molecule is CN(C)CC(C)(C)CNC(=O)C1CCN(C(=O)c2cccnc2Sc2ccccc2)CC1. The molecule has 0 saturated carbocycles. The average Bonchev–Trinajstić information content (AvgIpc) is 2.77. The van der Waals surface area contributed by atoms with Gasteiger partial charge in [-0.05, 0) is 56.6 Å². The molecule has 1 aromatic heterocycles. The minimum Gasteiger partial charge on any atom is -0.355 e. The van der Waals surface area contributed by atoms with E-state index < -0.39 is 0 Å². The standard InChI is InChI=1S/C25H34N4O2S/c1-25(2,18-28(3)4)17-27-22(30)19-12-15-29(16-13-19)24(31)21-11-8-14-26-23(21)32-20-9-6-5-7-10-20/h5-11,14,19H,12-13,15-18H2,1-4H3,(H,27,30). The Morgan fingerprint density at radius 1 is 1.12 bits per heavy atom. The smallest absolute Gasteiger partial charge is 0.256 e. The highest BCUT2D eigenvalue weighted by atomic mass is 32.2. The number of carbonyl (C=O) groups is 2. The number of aromatic nitrogens is 1. The maximum absolute atomic E-state index is 13.2. The van der Waals surface area contributed by atoms with Gasteiger partial charge in [-0.1, -0.05) is 43.8 Å². The number of likely N-dealkylation sites (tertiary alicyclic amines) is 1. The fourth-order valence-electron chi connectivity index (χ4n) is 4.13. The quantitative estimate of drug-likeness (QED) is 0.657. The Balaban J connectivity index is 1.55. The summed E-state index contributed by atoms with van der Waals surface area (Å²) in [6, 6.07) is 13.6. The summed E-state index contributed by atoms with van der Waals surface area (Å²) in [6.45, 7) is 7.05. The van der Waals surface area contributed by atoms with Crippen molar-refractivity contribution < 1.29 is 9.59 Å². The molecule has 1 saturated heterocycles. The van der Waals surface area contributed by atoms with Crippen molar-refractivity contribution in [1.82, 2.24) is 20.1 Å². The predicted molar refractivity (Wildman–Crippen MR) is 129 cm³/mol. The molecule has 0 radical (unpaired) electrons. The number of carbonyl (C=O) groups excluding carboxylic acids is 2. The largest absolute Gasteiger partial charge is 0.355 e. The summed E-state index contributed by atoms with van der Waals surface area (Å²) in [7, 11) is 4.09. The van der Waals surface area contributed by atoms with E-state index in [4.69, 9.17) is 0 Å². The van der Waals surface area contributed by atoms with Crippen LogP contribution in [0.1, 0.15) is 37.0 Å². The first-order valence-electron chi connectivity index (χ1n) is 11.1. The highest BCUT2D eigenvalue weighted by Crippen LogP contribution is 2.30. The second-order valence-electron chi connectivity index (χ2n) is 9.46. The number of piperidine rings is 1. The van der Waals surface area contributed by atoms with E-state index in [0.29, 0.717) is 43.1 Å². The number of benzene rings is 1. The van der Waals surface area contributed by atoms with Gasteiger partial charge in [-0.15, -0.1) is 0 Å². The number of nitrogens with one attached hydrogen (secondary N) is 1. The van der Waals surface area contributed by atoms with Crippen LogP contribution >= 0.6 is 11.8 Å². The van der Waals surface area contributed by atoms with Gasteiger partial charge >= 0.3 is 0 Å². The number of pyridine rings is 1. The van der Waals surface area contributed by atoms with Crippen molar-refractivity contribution in [2.75, 3.05) is 40.3 Å². The van der Waals surface area contributed by atoms with Gasteiger partial charge in [-0.3, -0.25) is 9.59 Å². The highest BCUT2D eigenvalue weighted by molar-refractivity contribution is 7.99. The number of hydrogen-bond acceptors (Lipinski definition) is 5. The molecule has 1 fully saturated rings. The van der Waals surface area contributed by atoms with E-state index in [1.165, 1.54) is 11.8 Å². The summed E-state index contributed by atoms with van der Waals surface area (Å²) in [5, 5.41) is 3.84. The van der Waals surface area contributed by atoms with Crippen LogP contribution in [0.5, 0.6) is 0 Å². The van der Waals surface area contributed by atoms with Crippen molar-refractivity contribution >= 4 is 23.6 Å². The fraction of sp³-hybridized carbons (Fsp3) is 0.480. The summed E-state index contributed by atoms with van der Waals surface area (Å²) in [4.78, 5) is 35.4. The molecule has 0 atom stereocenters. The van der Waals surface area contributed by atoms with Gasteiger partial charge in [0, 0.05) is 43.2 Å². The summed E-state index contributed by atoms with van der Waals surface area (Å²) >= 11 is 1.50. The van der Waals surface area contributed by atoms with Crippen molar-refractivity contribution in [3.8, 4) is 0 Å². The van der Waals surface area contributed by atoms with E-state index in [1.807, 2.05) is 55.4 Å². The molecule has 1 aliphatic heterocycles. The predicted octanol–water partition coefficient (Wildman–Crippen LogP) is 3.79. The Labute approximate surface area is 195 Å². The molecule has 6 nitrogen and oxygen atoms in total. The maximum atomic E-state index is 13.2. The second-order valence-corrected chi connectivity index (χ2v) is 10.5. The normalized spacial score (nSPS) is 15.1. The Morgan fingerprint density at radius 2 is 1.81 bits per heavy atom. The Morgan fingerprint density at radius 3 is 2.47 bits per heavy atom. The van der Waals surface area contributed by atoms with Crippen molar-refractivity contribution in [3.05, 3.63) is 54.2 Å². The number of amides is 2. The van der Waals surface area contributed by atoms with E-state index in [2.05, 4.69) is 29.0 Å². The molecule has 32 heavy (non-hydrogen) atoms. The molecular weight excluding hydrogens is 420 g/mol. The molecule has 0 aliphatic carbocycles. The van der Waals surface area contributed by atoms with Gasteiger partial charge in [0.1, 0.15) is 5.03 Å². The summed E-state index contributed by atoms with van der Waals surface area (Å²) < 4.78 is 0. The van der Waals surface area contributed by atoms with Gasteiger partial charge < -0.3 is 15.1 Å². The minimum atomic E-state index is -0.0405. The zero-order chi connectivity index (χ0) is 23.1. The molecule has 1 N–H and O–H groups in total. The number of nitrogens with zero attached hydrogens (tertiary/aromatic N) is 3. The summed E-state index contributed by atoms with van der Waals surface area (Å²) in [5.41, 5.74) is 0.637. The van der Waals surface area contributed by atoms with Crippen molar-refractivity contribution in [2.45, 2.75) is 36.6 Å². The van der Waals surface area contributed by atoms with Gasteiger partial charge in [0.15, 0.2) is 0 Å². The van der Waals surface area contributed by atoms with Gasteiger partial charge in [0.25, 0.3) is 5.91 Å². The van der Waals surface area contributed by atoms with Gasteiger partial charge in [-0.25, -0.2) is 4.98 Å². The molecule has 1 aliphatic rings. The van der Waals surface area contributed by atoms with Crippen molar-refractivity contribution in [2.24, 2.45) is 11.3 Å². The van der Waals surface area contributed by atoms with Crippen LogP contribution < -0.4 is 5.32 Å². The van der Waals surface area contributed by atoms with Crippen LogP contribution in [-0.4, -0.2) is 66.9 Å². The maximum Gasteiger partial charge on any atom is 0.256 e. The third-order valence-electron chi connectivity index (χ3n) is 5.60. The number of rotatable bonds is 8. The van der Waals surface area contributed by atoms with Gasteiger partial charge in [0.05, 0.1) is 5.56 Å². The fourth-order valence-corrected chi connectivity index (χ4v) is 5.03. The van der Waals surface area contributed by atoms with E-state index >= 15 is 0 Å². The Bertz CT molecular complexity index is 909. The van der Waals surface area contributed by atoms with Crippen LogP contribution in [0.4, 0.5) is 0 Å².